The van der Waals surface area contributed by atoms with Crippen LogP contribution in [0.15, 0.2) is 0 Å². The van der Waals surface area contributed by atoms with E-state index in [-0.39, 0.29) is 17.9 Å². The van der Waals surface area contributed by atoms with E-state index in [1.807, 2.05) is 13.0 Å². The average Bonchev–Trinajstić information content (AvgIpc) is 2.91. The van der Waals surface area contributed by atoms with Gasteiger partial charge in [-0.3, -0.25) is 4.90 Å². The average molecular weight is 313 g/mol. The van der Waals surface area contributed by atoms with Crippen molar-refractivity contribution in [3.8, 4) is 6.07 Å². The molecule has 0 spiro atoms. The molecule has 0 bridgehead atoms. The number of morpholine rings is 1. The molecular formula is C13H19N3O4S. The van der Waals surface area contributed by atoms with Gasteiger partial charge in [-0.05, 0) is 6.42 Å². The Labute approximate surface area is 127 Å². The van der Waals surface area contributed by atoms with Gasteiger partial charge in [-0.25, -0.2) is 9.59 Å². The third-order valence-corrected chi connectivity index (χ3v) is 4.97. The summed E-state index contributed by atoms with van der Waals surface area (Å²) in [5, 5.41) is 18.1. The molecule has 0 radical (unpaired) electrons. The Kier molecular flexibility index (Phi) is 5.31. The zero-order chi connectivity index (χ0) is 15.4. The van der Waals surface area contributed by atoms with Crippen molar-refractivity contribution in [1.82, 2.24) is 9.80 Å². The zero-order valence-corrected chi connectivity index (χ0v) is 12.7. The van der Waals surface area contributed by atoms with E-state index in [2.05, 4.69) is 0 Å². The number of aliphatic carboxylic acids is 1. The SMILES string of the molecule is CCCC1SCC(C(=O)O)N1C(=O)N1CCOC(C#N)C1. The number of carbonyl (C=O) groups excluding carboxylic acids is 1. The standard InChI is InChI=1S/C13H19N3O4S/c1-2-3-11-16(10(8-21-11)12(17)18)13(19)15-4-5-20-9(6-14)7-15/h9-11H,2-5,7-8H2,1H3,(H,17,18). The van der Waals surface area contributed by atoms with Crippen molar-refractivity contribution in [2.24, 2.45) is 0 Å². The van der Waals surface area contributed by atoms with E-state index in [0.717, 1.165) is 12.8 Å². The lowest BCUT2D eigenvalue weighted by Gasteiger charge is -2.36. The van der Waals surface area contributed by atoms with Gasteiger partial charge >= 0.3 is 12.0 Å². The molecule has 0 aromatic heterocycles. The molecule has 0 aromatic rings. The quantitative estimate of drug-likeness (QED) is 0.834. The fraction of sp³-hybridized carbons (Fsp3) is 0.769. The summed E-state index contributed by atoms with van der Waals surface area (Å²) in [5.74, 6) is -0.558. The minimum absolute atomic E-state index is 0.105. The van der Waals surface area contributed by atoms with E-state index < -0.39 is 18.1 Å². The molecule has 2 heterocycles. The number of amides is 2. The van der Waals surface area contributed by atoms with Crippen LogP contribution in [0.25, 0.3) is 0 Å². The Hall–Kier alpha value is -1.46. The highest BCUT2D eigenvalue weighted by Gasteiger charge is 2.43. The van der Waals surface area contributed by atoms with Crippen molar-refractivity contribution in [3.63, 3.8) is 0 Å². The number of nitriles is 1. The number of urea groups is 1. The summed E-state index contributed by atoms with van der Waals surface area (Å²) < 4.78 is 5.22. The number of hydrogen-bond acceptors (Lipinski definition) is 5. The molecule has 7 nitrogen and oxygen atoms in total. The van der Waals surface area contributed by atoms with Gasteiger partial charge in [0.25, 0.3) is 0 Å². The first-order chi connectivity index (χ1) is 10.1. The van der Waals surface area contributed by atoms with Crippen LogP contribution in [-0.2, 0) is 9.53 Å². The van der Waals surface area contributed by atoms with Gasteiger partial charge in [0.1, 0.15) is 6.04 Å². The first kappa shape index (κ1) is 15.9. The molecule has 2 amide bonds. The Morgan fingerprint density at radius 1 is 1.52 bits per heavy atom. The number of nitrogens with zero attached hydrogens (tertiary/aromatic N) is 3. The van der Waals surface area contributed by atoms with Gasteiger partial charge in [0.15, 0.2) is 6.10 Å². The summed E-state index contributed by atoms with van der Waals surface area (Å²) in [6.07, 6.45) is 1.02. The van der Waals surface area contributed by atoms with E-state index in [1.54, 1.807) is 0 Å². The number of rotatable bonds is 3. The molecule has 0 saturated carbocycles. The molecule has 8 heteroatoms. The van der Waals surface area contributed by atoms with Crippen LogP contribution < -0.4 is 0 Å². The van der Waals surface area contributed by atoms with E-state index in [0.29, 0.717) is 18.9 Å². The van der Waals surface area contributed by atoms with Crippen LogP contribution in [0.5, 0.6) is 0 Å². The molecule has 21 heavy (non-hydrogen) atoms. The minimum Gasteiger partial charge on any atom is -0.480 e. The van der Waals surface area contributed by atoms with Crippen LogP contribution in [0.2, 0.25) is 0 Å². The molecular weight excluding hydrogens is 294 g/mol. The van der Waals surface area contributed by atoms with E-state index >= 15 is 0 Å². The Balaban J connectivity index is 2.13. The van der Waals surface area contributed by atoms with Gasteiger partial charge in [-0.15, -0.1) is 11.8 Å². The monoisotopic (exact) mass is 313 g/mol. The zero-order valence-electron chi connectivity index (χ0n) is 11.9. The van der Waals surface area contributed by atoms with Crippen molar-refractivity contribution in [2.75, 3.05) is 25.4 Å². The van der Waals surface area contributed by atoms with Crippen LogP contribution in [-0.4, -0.2) is 69.9 Å². The lowest BCUT2D eigenvalue weighted by molar-refractivity contribution is -0.141. The van der Waals surface area contributed by atoms with Crippen molar-refractivity contribution in [3.05, 3.63) is 0 Å². The second-order valence-electron chi connectivity index (χ2n) is 5.06. The van der Waals surface area contributed by atoms with Crippen LogP contribution in [0.3, 0.4) is 0 Å². The third kappa shape index (κ3) is 3.41. The number of carboxylic acid groups (broad SMARTS) is 1. The molecule has 3 atom stereocenters. The number of carbonyl (C=O) groups is 2. The first-order valence-electron chi connectivity index (χ1n) is 7.01. The maximum Gasteiger partial charge on any atom is 0.327 e. The highest BCUT2D eigenvalue weighted by atomic mass is 32.2. The second kappa shape index (κ2) is 7.00. The minimum atomic E-state index is -0.973. The number of carboxylic acids is 1. The lowest BCUT2D eigenvalue weighted by Crippen LogP contribution is -2.55. The van der Waals surface area contributed by atoms with E-state index in [9.17, 15) is 14.7 Å². The summed E-state index contributed by atoms with van der Waals surface area (Å²) >= 11 is 1.51. The summed E-state index contributed by atoms with van der Waals surface area (Å²) in [4.78, 5) is 27.0. The van der Waals surface area contributed by atoms with E-state index in [1.165, 1.54) is 21.6 Å². The largest absolute Gasteiger partial charge is 0.480 e. The van der Waals surface area contributed by atoms with Crippen molar-refractivity contribution < 1.29 is 19.4 Å². The summed E-state index contributed by atoms with van der Waals surface area (Å²) in [6, 6.07) is 0.907. The maximum atomic E-state index is 12.7. The summed E-state index contributed by atoms with van der Waals surface area (Å²) in [5.41, 5.74) is 0. The van der Waals surface area contributed by atoms with Crippen molar-refractivity contribution in [2.45, 2.75) is 37.3 Å². The fourth-order valence-electron chi connectivity index (χ4n) is 2.54. The lowest BCUT2D eigenvalue weighted by atomic mass is 10.2. The van der Waals surface area contributed by atoms with E-state index in [4.69, 9.17) is 10.00 Å². The number of hydrogen-bond donors (Lipinski definition) is 1. The van der Waals surface area contributed by atoms with Gasteiger partial charge in [-0.2, -0.15) is 5.26 Å². The molecule has 2 fully saturated rings. The second-order valence-corrected chi connectivity index (χ2v) is 6.27. The summed E-state index contributed by atoms with van der Waals surface area (Å²) in [6.45, 7) is 2.91. The Morgan fingerprint density at radius 3 is 2.90 bits per heavy atom. The van der Waals surface area contributed by atoms with Crippen molar-refractivity contribution >= 4 is 23.8 Å². The van der Waals surface area contributed by atoms with Gasteiger partial charge in [0, 0.05) is 12.3 Å². The third-order valence-electron chi connectivity index (χ3n) is 3.62. The predicted molar refractivity (Wildman–Crippen MR) is 76.7 cm³/mol. The van der Waals surface area contributed by atoms with Gasteiger partial charge in [-0.1, -0.05) is 13.3 Å². The molecule has 2 aliphatic rings. The molecule has 1 N–H and O–H groups in total. The molecule has 2 rings (SSSR count). The number of thioether (sulfide) groups is 1. The van der Waals surface area contributed by atoms with Gasteiger partial charge in [0.2, 0.25) is 0 Å². The molecule has 0 aliphatic carbocycles. The van der Waals surface area contributed by atoms with Crippen LogP contribution in [0.4, 0.5) is 4.79 Å². The normalized spacial score (nSPS) is 29.2. The van der Waals surface area contributed by atoms with Crippen LogP contribution >= 0.6 is 11.8 Å². The fourth-order valence-corrected chi connectivity index (χ4v) is 4.05. The maximum absolute atomic E-state index is 12.7. The van der Waals surface area contributed by atoms with Crippen LogP contribution in [0.1, 0.15) is 19.8 Å². The summed E-state index contributed by atoms with van der Waals surface area (Å²) in [7, 11) is 0. The Morgan fingerprint density at radius 2 is 2.29 bits per heavy atom. The van der Waals surface area contributed by atoms with Crippen LogP contribution in [0, 0.1) is 11.3 Å². The molecule has 2 aliphatic heterocycles. The smallest absolute Gasteiger partial charge is 0.327 e. The highest BCUT2D eigenvalue weighted by molar-refractivity contribution is 8.00. The van der Waals surface area contributed by atoms with Crippen molar-refractivity contribution in [1.29, 1.82) is 5.26 Å². The topological polar surface area (TPSA) is 93.9 Å². The Bertz CT molecular complexity index is 453. The van der Waals surface area contributed by atoms with Gasteiger partial charge in [0.05, 0.1) is 24.6 Å². The molecule has 2 saturated heterocycles. The molecule has 116 valence electrons. The van der Waals surface area contributed by atoms with Gasteiger partial charge < -0.3 is 14.7 Å². The molecule has 0 aromatic carbocycles. The molecule has 3 unspecified atom stereocenters. The first-order valence-corrected chi connectivity index (χ1v) is 8.06. The highest BCUT2D eigenvalue weighted by Crippen LogP contribution is 2.33. The predicted octanol–water partition coefficient (Wildman–Crippen LogP) is 0.959. The number of ether oxygens (including phenoxy) is 1.